The van der Waals surface area contributed by atoms with Crippen molar-refractivity contribution >= 4 is 23.0 Å². The van der Waals surface area contributed by atoms with Gasteiger partial charge in [0.1, 0.15) is 6.10 Å². The van der Waals surface area contributed by atoms with Crippen molar-refractivity contribution in [3.05, 3.63) is 11.6 Å². The summed E-state index contributed by atoms with van der Waals surface area (Å²) in [5.74, 6) is -1.41. The van der Waals surface area contributed by atoms with Gasteiger partial charge in [0, 0.05) is 24.7 Å². The second kappa shape index (κ2) is 11.2. The molecule has 0 aliphatic carbocycles. The largest absolute Gasteiger partial charge is 0.459 e. The van der Waals surface area contributed by atoms with Crippen molar-refractivity contribution in [1.82, 2.24) is 5.32 Å². The number of esters is 1. The van der Waals surface area contributed by atoms with Crippen LogP contribution >= 0.6 is 11.8 Å². The number of hydrogen-bond donors (Lipinski definition) is 2. The first kappa shape index (κ1) is 23.2. The van der Waals surface area contributed by atoms with E-state index in [2.05, 4.69) is 19.2 Å². The lowest BCUT2D eigenvalue weighted by Gasteiger charge is -2.43. The Labute approximate surface area is 172 Å². The van der Waals surface area contributed by atoms with E-state index < -0.39 is 17.9 Å². The number of unbranched alkanes of at least 4 members (excludes halogenated alkanes) is 3. The molecule has 0 bridgehead atoms. The van der Waals surface area contributed by atoms with Gasteiger partial charge in [0.05, 0.1) is 12.1 Å². The van der Waals surface area contributed by atoms with Crippen LogP contribution in [0, 0.1) is 0 Å². The molecule has 160 valence electrons. The molecule has 2 rings (SSSR count). The minimum absolute atomic E-state index is 0.154. The van der Waals surface area contributed by atoms with Crippen LogP contribution in [0.2, 0.25) is 0 Å². The number of nitrogens with one attached hydrogen (secondary N) is 1. The van der Waals surface area contributed by atoms with Crippen molar-refractivity contribution in [2.24, 2.45) is 0 Å². The van der Waals surface area contributed by atoms with Gasteiger partial charge in [-0.1, -0.05) is 56.9 Å². The SMILES string of the molecule is CCCCC[C@@H]1CC(OC(=O)/C=C(/C)CCCC)C[C@](O)([C@@H]2CSC(=O)N2)O1. The topological polar surface area (TPSA) is 84.9 Å². The molecule has 2 aliphatic heterocycles. The van der Waals surface area contributed by atoms with E-state index in [1.165, 1.54) is 0 Å². The Hall–Kier alpha value is -1.05. The molecule has 2 fully saturated rings. The molecular formula is C21H35NO5S. The lowest BCUT2D eigenvalue weighted by Crippen LogP contribution is -2.58. The number of allylic oxidation sites excluding steroid dienone is 1. The zero-order chi connectivity index (χ0) is 20.6. The normalized spacial score (nSPS) is 30.9. The van der Waals surface area contributed by atoms with Gasteiger partial charge in [0.2, 0.25) is 0 Å². The first-order valence-corrected chi connectivity index (χ1v) is 11.6. The third-order valence-corrected chi connectivity index (χ3v) is 6.22. The van der Waals surface area contributed by atoms with Crippen LogP contribution in [0.3, 0.4) is 0 Å². The fourth-order valence-electron chi connectivity index (χ4n) is 3.76. The lowest BCUT2D eigenvalue weighted by molar-refractivity contribution is -0.283. The van der Waals surface area contributed by atoms with E-state index in [1.807, 2.05) is 6.92 Å². The predicted octanol–water partition coefficient (Wildman–Crippen LogP) is 4.31. The van der Waals surface area contributed by atoms with Gasteiger partial charge >= 0.3 is 5.97 Å². The van der Waals surface area contributed by atoms with E-state index in [9.17, 15) is 14.7 Å². The molecular weight excluding hydrogens is 378 g/mol. The molecule has 0 aromatic rings. The third-order valence-electron chi connectivity index (χ3n) is 5.34. The number of ether oxygens (including phenoxy) is 2. The molecule has 0 aromatic carbocycles. The highest BCUT2D eigenvalue weighted by atomic mass is 32.2. The summed E-state index contributed by atoms with van der Waals surface area (Å²) in [6, 6.07) is -0.484. The van der Waals surface area contributed by atoms with Crippen LogP contribution in [0.5, 0.6) is 0 Å². The summed E-state index contributed by atoms with van der Waals surface area (Å²) in [4.78, 5) is 23.9. The van der Waals surface area contributed by atoms with Gasteiger partial charge in [-0.3, -0.25) is 4.79 Å². The molecule has 2 aliphatic rings. The highest BCUT2D eigenvalue weighted by molar-refractivity contribution is 8.14. The van der Waals surface area contributed by atoms with Crippen molar-refractivity contribution in [2.45, 2.75) is 103 Å². The maximum Gasteiger partial charge on any atom is 0.330 e. The summed E-state index contributed by atoms with van der Waals surface area (Å²) in [7, 11) is 0. The first-order chi connectivity index (χ1) is 13.4. The molecule has 4 atom stereocenters. The maximum atomic E-state index is 12.3. The van der Waals surface area contributed by atoms with E-state index in [-0.39, 0.29) is 23.7 Å². The van der Waals surface area contributed by atoms with E-state index >= 15 is 0 Å². The zero-order valence-electron chi connectivity index (χ0n) is 17.4. The number of hydrogen-bond acceptors (Lipinski definition) is 6. The second-order valence-corrected chi connectivity index (χ2v) is 8.96. The van der Waals surface area contributed by atoms with E-state index in [0.29, 0.717) is 12.2 Å². The van der Waals surface area contributed by atoms with Crippen LogP contribution < -0.4 is 5.32 Å². The number of amides is 1. The average Bonchev–Trinajstić information content (AvgIpc) is 3.07. The Kier molecular flexibility index (Phi) is 9.31. The van der Waals surface area contributed by atoms with Crippen molar-refractivity contribution in [3.63, 3.8) is 0 Å². The third kappa shape index (κ3) is 7.08. The Morgan fingerprint density at radius 3 is 2.75 bits per heavy atom. The van der Waals surface area contributed by atoms with Crippen LogP contribution in [-0.2, 0) is 14.3 Å². The monoisotopic (exact) mass is 413 g/mol. The van der Waals surface area contributed by atoms with Crippen LogP contribution in [-0.4, -0.2) is 46.1 Å². The number of rotatable bonds is 10. The summed E-state index contributed by atoms with van der Waals surface area (Å²) >= 11 is 1.14. The molecule has 0 aromatic heterocycles. The van der Waals surface area contributed by atoms with Crippen LogP contribution in [0.15, 0.2) is 11.6 Å². The number of carbonyl (C=O) groups excluding carboxylic acids is 2. The summed E-state index contributed by atoms with van der Waals surface area (Å²) in [6.07, 6.45) is 8.73. The molecule has 0 radical (unpaired) electrons. The Morgan fingerprint density at radius 2 is 2.11 bits per heavy atom. The van der Waals surface area contributed by atoms with Crippen LogP contribution in [0.1, 0.15) is 78.6 Å². The van der Waals surface area contributed by atoms with Crippen LogP contribution in [0.25, 0.3) is 0 Å². The molecule has 1 amide bonds. The van der Waals surface area contributed by atoms with Crippen LogP contribution in [0.4, 0.5) is 4.79 Å². The van der Waals surface area contributed by atoms with Gasteiger partial charge in [0.25, 0.3) is 5.24 Å². The van der Waals surface area contributed by atoms with Gasteiger partial charge in [-0.25, -0.2) is 4.79 Å². The summed E-state index contributed by atoms with van der Waals surface area (Å²) in [5, 5.41) is 13.8. The minimum atomic E-state index is -1.50. The first-order valence-electron chi connectivity index (χ1n) is 10.6. The summed E-state index contributed by atoms with van der Waals surface area (Å²) < 4.78 is 11.7. The molecule has 7 heteroatoms. The quantitative estimate of drug-likeness (QED) is 0.315. The second-order valence-electron chi connectivity index (χ2n) is 7.97. The van der Waals surface area contributed by atoms with E-state index in [1.54, 1.807) is 6.08 Å². The highest BCUT2D eigenvalue weighted by Gasteiger charge is 2.49. The molecule has 2 saturated heterocycles. The van der Waals surface area contributed by atoms with E-state index in [0.717, 1.165) is 62.3 Å². The van der Waals surface area contributed by atoms with Gasteiger partial charge in [-0.15, -0.1) is 0 Å². The standard InChI is InChI=1S/C21H35NO5S/c1-4-6-8-10-16-12-17(26-19(23)11-15(3)9-7-5-2)13-21(25,27-16)18-14-28-20(24)22-18/h11,16-18,25H,4-10,12-14H2,1-3H3,(H,22,24)/b15-11-/t16-,17?,18+,21-/m1/s1. The molecule has 0 spiro atoms. The average molecular weight is 414 g/mol. The van der Waals surface area contributed by atoms with E-state index in [4.69, 9.17) is 9.47 Å². The minimum Gasteiger partial charge on any atom is -0.459 e. The number of thioether (sulfide) groups is 1. The fourth-order valence-corrected chi connectivity index (χ4v) is 4.64. The predicted molar refractivity (Wildman–Crippen MR) is 111 cm³/mol. The van der Waals surface area contributed by atoms with Crippen molar-refractivity contribution in [2.75, 3.05) is 5.75 Å². The van der Waals surface area contributed by atoms with Gasteiger partial charge in [0.15, 0.2) is 5.79 Å². The van der Waals surface area contributed by atoms with Gasteiger partial charge in [-0.05, 0) is 26.2 Å². The Bertz CT molecular complexity index is 567. The molecule has 6 nitrogen and oxygen atoms in total. The molecule has 2 heterocycles. The lowest BCUT2D eigenvalue weighted by atomic mass is 9.91. The van der Waals surface area contributed by atoms with Gasteiger partial charge in [-0.2, -0.15) is 0 Å². The van der Waals surface area contributed by atoms with Gasteiger partial charge < -0.3 is 19.9 Å². The molecule has 2 N–H and O–H groups in total. The smallest absolute Gasteiger partial charge is 0.330 e. The van der Waals surface area contributed by atoms with Crippen molar-refractivity contribution in [3.8, 4) is 0 Å². The summed E-state index contributed by atoms with van der Waals surface area (Å²) in [5.41, 5.74) is 1.01. The Morgan fingerprint density at radius 1 is 1.36 bits per heavy atom. The molecule has 1 unspecified atom stereocenters. The Balaban J connectivity index is 2.02. The maximum absolute atomic E-state index is 12.3. The highest BCUT2D eigenvalue weighted by Crippen LogP contribution is 2.36. The summed E-state index contributed by atoms with van der Waals surface area (Å²) in [6.45, 7) is 6.20. The fraction of sp³-hybridized carbons (Fsp3) is 0.810. The molecule has 28 heavy (non-hydrogen) atoms. The number of aliphatic hydroxyl groups is 1. The molecule has 0 saturated carbocycles. The van der Waals surface area contributed by atoms with Crippen molar-refractivity contribution < 1.29 is 24.2 Å². The zero-order valence-corrected chi connectivity index (χ0v) is 18.2. The van der Waals surface area contributed by atoms with Crippen molar-refractivity contribution in [1.29, 1.82) is 0 Å². The number of carbonyl (C=O) groups is 2.